The van der Waals surface area contributed by atoms with Crippen LogP contribution in [0.4, 0.5) is 0 Å². The molecule has 2 aromatic rings. The first-order chi connectivity index (χ1) is 14.3. The number of benzene rings is 1. The Kier molecular flexibility index (Phi) is 7.72. The molecule has 2 fully saturated rings. The van der Waals surface area contributed by atoms with Gasteiger partial charge in [0.1, 0.15) is 24.1 Å². The van der Waals surface area contributed by atoms with Gasteiger partial charge in [-0.15, -0.1) is 0 Å². The normalized spacial score (nSPS) is 29.8. The molecule has 5 unspecified atom stereocenters. The number of halogens is 1. The molecule has 10 heteroatoms. The van der Waals surface area contributed by atoms with Crippen molar-refractivity contribution in [1.82, 2.24) is 4.98 Å². The van der Waals surface area contributed by atoms with Crippen LogP contribution in [0.1, 0.15) is 32.1 Å². The molecule has 1 aliphatic heterocycles. The Hall–Kier alpha value is -1.69. The molecule has 0 spiro atoms. The van der Waals surface area contributed by atoms with E-state index in [-0.39, 0.29) is 0 Å². The monoisotopic (exact) mass is 486 g/mol. The molecular formula is C20H27BrN2O7. The van der Waals surface area contributed by atoms with Crippen molar-refractivity contribution in [3.63, 3.8) is 0 Å². The minimum atomic E-state index is -1.75. The lowest BCUT2D eigenvalue weighted by atomic mass is 9.97. The number of H-pyrrole nitrogens is 1. The van der Waals surface area contributed by atoms with Crippen LogP contribution in [0.15, 0.2) is 28.9 Å². The number of aliphatic hydroxyl groups is 3. The van der Waals surface area contributed by atoms with E-state index in [2.05, 4.69) is 20.9 Å². The Labute approximate surface area is 181 Å². The summed E-state index contributed by atoms with van der Waals surface area (Å²) in [5, 5.41) is 39.1. The van der Waals surface area contributed by atoms with Crippen molar-refractivity contribution in [3.05, 3.63) is 28.9 Å². The molecular weight excluding hydrogens is 460 g/mol. The fraction of sp³-hybridized carbons (Fsp3) is 0.550. The molecule has 1 saturated heterocycles. The van der Waals surface area contributed by atoms with Crippen molar-refractivity contribution >= 4 is 32.8 Å². The van der Waals surface area contributed by atoms with Crippen LogP contribution < -0.4 is 10.5 Å². The summed E-state index contributed by atoms with van der Waals surface area (Å²) in [5.41, 5.74) is 6.40. The van der Waals surface area contributed by atoms with Crippen LogP contribution >= 0.6 is 15.9 Å². The number of fused-ring (bicyclic) bond motifs is 1. The Morgan fingerprint density at radius 3 is 2.43 bits per heavy atom. The van der Waals surface area contributed by atoms with E-state index in [9.17, 15) is 20.1 Å². The lowest BCUT2D eigenvalue weighted by Gasteiger charge is -2.38. The van der Waals surface area contributed by atoms with Gasteiger partial charge in [-0.1, -0.05) is 35.2 Å². The predicted octanol–water partition coefficient (Wildman–Crippen LogP) is 1.48. The maximum Gasteiger partial charge on any atom is 0.335 e. The number of rotatable bonds is 3. The third-order valence-corrected chi connectivity index (χ3v) is 5.81. The first-order valence-electron chi connectivity index (χ1n) is 9.89. The lowest BCUT2D eigenvalue weighted by molar-refractivity contribution is -0.270. The summed E-state index contributed by atoms with van der Waals surface area (Å²) in [6.07, 6.45) is 0.00272. The van der Waals surface area contributed by atoms with Gasteiger partial charge in [0.25, 0.3) is 0 Å². The van der Waals surface area contributed by atoms with Gasteiger partial charge in [0.15, 0.2) is 6.10 Å². The van der Waals surface area contributed by atoms with Crippen molar-refractivity contribution in [1.29, 1.82) is 0 Å². The standard InChI is InChI=1S/C14H14BrNO7.C6H13N/c15-5-1-2-7-6(3-5)8(4-16-7)22-14-11(19)9(17)10(18)12(23-14)13(20)21;7-6-4-2-1-3-5-6/h1-4,9-12,14,16-19H,(H,20,21);6H,1-5,7H2. The number of nitrogens with two attached hydrogens (primary N) is 1. The Morgan fingerprint density at radius 1 is 1.13 bits per heavy atom. The summed E-state index contributed by atoms with van der Waals surface area (Å²) < 4.78 is 11.4. The number of carbonyl (C=O) groups is 1. The smallest absolute Gasteiger partial charge is 0.335 e. The second kappa shape index (κ2) is 10.1. The third-order valence-electron chi connectivity index (χ3n) is 5.31. The maximum atomic E-state index is 11.1. The first kappa shape index (κ1) is 23.0. The van der Waals surface area contributed by atoms with E-state index in [1.807, 2.05) is 12.1 Å². The molecule has 9 nitrogen and oxygen atoms in total. The molecule has 166 valence electrons. The lowest BCUT2D eigenvalue weighted by Crippen LogP contribution is -2.61. The molecule has 1 aliphatic carbocycles. The largest absolute Gasteiger partial charge is 0.479 e. The molecule has 30 heavy (non-hydrogen) atoms. The van der Waals surface area contributed by atoms with Gasteiger partial charge in [-0.3, -0.25) is 0 Å². The van der Waals surface area contributed by atoms with Gasteiger partial charge in [-0.2, -0.15) is 0 Å². The Balaban J connectivity index is 0.000000310. The summed E-state index contributed by atoms with van der Waals surface area (Å²) in [6.45, 7) is 0. The number of aliphatic hydroxyl groups excluding tert-OH is 3. The molecule has 7 N–H and O–H groups in total. The van der Waals surface area contributed by atoms with Crippen molar-refractivity contribution in [2.75, 3.05) is 0 Å². The van der Waals surface area contributed by atoms with Gasteiger partial charge in [0.2, 0.25) is 6.29 Å². The zero-order valence-corrected chi connectivity index (χ0v) is 17.9. The highest BCUT2D eigenvalue weighted by molar-refractivity contribution is 9.10. The van der Waals surface area contributed by atoms with Gasteiger partial charge in [-0.05, 0) is 31.0 Å². The molecule has 2 heterocycles. The van der Waals surface area contributed by atoms with Crippen LogP contribution in [0, 0.1) is 0 Å². The molecule has 0 bridgehead atoms. The summed E-state index contributed by atoms with van der Waals surface area (Å²) >= 11 is 3.33. The number of hydrogen-bond donors (Lipinski definition) is 6. The fourth-order valence-electron chi connectivity index (χ4n) is 3.57. The SMILES string of the molecule is NC1CCCCC1.O=C(O)C1OC(Oc2c[nH]c3ccc(Br)cc23)C(O)C(O)C1O. The molecule has 0 amide bonds. The van der Waals surface area contributed by atoms with Crippen LogP contribution in [-0.4, -0.2) is 68.1 Å². The van der Waals surface area contributed by atoms with E-state index in [4.69, 9.17) is 20.3 Å². The molecule has 1 aromatic heterocycles. The third kappa shape index (κ3) is 5.32. The van der Waals surface area contributed by atoms with Crippen molar-refractivity contribution in [2.45, 2.75) is 68.9 Å². The second-order valence-corrected chi connectivity index (χ2v) is 8.51. The average molecular weight is 487 g/mol. The molecule has 0 radical (unpaired) electrons. The van der Waals surface area contributed by atoms with E-state index >= 15 is 0 Å². The predicted molar refractivity (Wildman–Crippen MR) is 112 cm³/mol. The van der Waals surface area contributed by atoms with Crippen molar-refractivity contribution in [3.8, 4) is 5.75 Å². The summed E-state index contributed by atoms with van der Waals surface area (Å²) in [6, 6.07) is 5.95. The highest BCUT2D eigenvalue weighted by Gasteiger charge is 2.48. The quantitative estimate of drug-likeness (QED) is 0.380. The number of aromatic amines is 1. The van der Waals surface area contributed by atoms with E-state index in [1.165, 1.54) is 38.3 Å². The first-order valence-corrected chi connectivity index (χ1v) is 10.7. The van der Waals surface area contributed by atoms with Crippen LogP contribution in [0.25, 0.3) is 10.9 Å². The molecule has 2 aliphatic rings. The molecule has 5 atom stereocenters. The topological polar surface area (TPSA) is 158 Å². The summed E-state index contributed by atoms with van der Waals surface area (Å²) in [4.78, 5) is 14.0. The zero-order valence-electron chi connectivity index (χ0n) is 16.3. The maximum absolute atomic E-state index is 11.1. The van der Waals surface area contributed by atoms with Crippen LogP contribution in [-0.2, 0) is 9.53 Å². The van der Waals surface area contributed by atoms with Gasteiger partial charge in [-0.25, -0.2) is 4.79 Å². The van der Waals surface area contributed by atoms with E-state index in [0.717, 1.165) is 9.99 Å². The summed E-state index contributed by atoms with van der Waals surface area (Å²) in [5.74, 6) is -1.14. The second-order valence-electron chi connectivity index (χ2n) is 7.59. The number of nitrogens with one attached hydrogen (secondary N) is 1. The van der Waals surface area contributed by atoms with Crippen molar-refractivity contribution < 1.29 is 34.7 Å². The number of carboxylic acid groups (broad SMARTS) is 1. The molecule has 1 saturated carbocycles. The van der Waals surface area contributed by atoms with Gasteiger partial charge in [0.05, 0.1) is 0 Å². The molecule has 4 rings (SSSR count). The van der Waals surface area contributed by atoms with Crippen LogP contribution in [0.2, 0.25) is 0 Å². The van der Waals surface area contributed by atoms with E-state index in [1.54, 1.807) is 6.07 Å². The van der Waals surface area contributed by atoms with Gasteiger partial charge < -0.3 is 40.6 Å². The minimum absolute atomic E-state index is 0.318. The average Bonchev–Trinajstić information content (AvgIpc) is 3.11. The number of ether oxygens (including phenoxy) is 2. The van der Waals surface area contributed by atoms with Crippen LogP contribution in [0.5, 0.6) is 5.75 Å². The molecule has 1 aromatic carbocycles. The number of carboxylic acids is 1. The highest BCUT2D eigenvalue weighted by atomic mass is 79.9. The van der Waals surface area contributed by atoms with Crippen molar-refractivity contribution in [2.24, 2.45) is 5.73 Å². The number of hydrogen-bond acceptors (Lipinski definition) is 7. The van der Waals surface area contributed by atoms with E-state index in [0.29, 0.717) is 17.2 Å². The zero-order chi connectivity index (χ0) is 21.8. The number of aromatic nitrogens is 1. The van der Waals surface area contributed by atoms with Crippen LogP contribution in [0.3, 0.4) is 0 Å². The van der Waals surface area contributed by atoms with Gasteiger partial charge in [0, 0.05) is 27.6 Å². The fourth-order valence-corrected chi connectivity index (χ4v) is 3.93. The van der Waals surface area contributed by atoms with Gasteiger partial charge >= 0.3 is 5.97 Å². The summed E-state index contributed by atoms with van der Waals surface area (Å²) in [7, 11) is 0. The Morgan fingerprint density at radius 2 is 1.83 bits per heavy atom. The highest BCUT2D eigenvalue weighted by Crippen LogP contribution is 2.31. The Bertz CT molecular complexity index is 855. The minimum Gasteiger partial charge on any atom is -0.479 e. The number of aliphatic carboxylic acids is 1. The van der Waals surface area contributed by atoms with E-state index < -0.39 is 36.7 Å².